The Labute approximate surface area is 68.4 Å². The molecule has 1 fully saturated rings. The third kappa shape index (κ3) is 1.95. The third-order valence-corrected chi connectivity index (χ3v) is 2.39. The van der Waals surface area contributed by atoms with E-state index in [1.165, 1.54) is 6.42 Å². The molecule has 0 bridgehead atoms. The smallest absolute Gasteiger partial charge is 0.223 e. The molecule has 1 N–H and O–H groups in total. The van der Waals surface area contributed by atoms with Gasteiger partial charge in [0.25, 0.3) is 0 Å². The van der Waals surface area contributed by atoms with E-state index in [0.717, 1.165) is 6.42 Å². The Hall–Kier alpha value is -0.530. The molecule has 64 valence electrons. The van der Waals surface area contributed by atoms with Crippen LogP contribution in [0.25, 0.3) is 0 Å². The maximum absolute atomic E-state index is 11.3. The van der Waals surface area contributed by atoms with Crippen molar-refractivity contribution >= 4 is 5.91 Å². The molecule has 1 aliphatic rings. The Morgan fingerprint density at radius 3 is 2.36 bits per heavy atom. The molecule has 1 saturated carbocycles. The SMILES string of the molecule is CC(C)NC(=O)[C@@H]1CC[C@H]1C. The largest absolute Gasteiger partial charge is 0.354 e. The minimum Gasteiger partial charge on any atom is -0.354 e. The zero-order valence-electron chi connectivity index (χ0n) is 7.55. The van der Waals surface area contributed by atoms with Gasteiger partial charge in [0.05, 0.1) is 0 Å². The van der Waals surface area contributed by atoms with Crippen LogP contribution in [0.2, 0.25) is 0 Å². The minimum atomic E-state index is 0.249. The molecule has 0 aliphatic heterocycles. The summed E-state index contributed by atoms with van der Waals surface area (Å²) in [4.78, 5) is 11.3. The Morgan fingerprint density at radius 2 is 2.09 bits per heavy atom. The van der Waals surface area contributed by atoms with Crippen LogP contribution >= 0.6 is 0 Å². The molecule has 0 unspecified atom stereocenters. The van der Waals surface area contributed by atoms with Crippen LogP contribution in [0.15, 0.2) is 0 Å². The van der Waals surface area contributed by atoms with Gasteiger partial charge in [-0.05, 0) is 32.6 Å². The van der Waals surface area contributed by atoms with Gasteiger partial charge in [-0.2, -0.15) is 0 Å². The molecule has 2 atom stereocenters. The first kappa shape index (κ1) is 8.57. The summed E-state index contributed by atoms with van der Waals surface area (Å²) in [5, 5.41) is 2.94. The fourth-order valence-corrected chi connectivity index (χ4v) is 1.45. The van der Waals surface area contributed by atoms with Crippen molar-refractivity contribution in [3.05, 3.63) is 0 Å². The monoisotopic (exact) mass is 155 g/mol. The van der Waals surface area contributed by atoms with Crippen molar-refractivity contribution in [1.82, 2.24) is 5.32 Å². The van der Waals surface area contributed by atoms with Gasteiger partial charge < -0.3 is 5.32 Å². The third-order valence-electron chi connectivity index (χ3n) is 2.39. The van der Waals surface area contributed by atoms with Crippen molar-refractivity contribution in [2.45, 2.75) is 39.7 Å². The Bertz CT molecular complexity index is 154. The maximum atomic E-state index is 11.3. The number of hydrogen-bond donors (Lipinski definition) is 1. The highest BCUT2D eigenvalue weighted by molar-refractivity contribution is 5.79. The van der Waals surface area contributed by atoms with Gasteiger partial charge in [-0.15, -0.1) is 0 Å². The Kier molecular flexibility index (Phi) is 2.53. The molecular formula is C9H17NO. The van der Waals surface area contributed by atoms with Crippen molar-refractivity contribution < 1.29 is 4.79 Å². The highest BCUT2D eigenvalue weighted by Gasteiger charge is 2.32. The van der Waals surface area contributed by atoms with E-state index < -0.39 is 0 Å². The number of rotatable bonds is 2. The van der Waals surface area contributed by atoms with Crippen LogP contribution in [0.4, 0.5) is 0 Å². The molecule has 0 spiro atoms. The van der Waals surface area contributed by atoms with Crippen molar-refractivity contribution in [1.29, 1.82) is 0 Å². The summed E-state index contributed by atoms with van der Waals surface area (Å²) in [5.41, 5.74) is 0. The van der Waals surface area contributed by atoms with Gasteiger partial charge in [0, 0.05) is 12.0 Å². The van der Waals surface area contributed by atoms with E-state index >= 15 is 0 Å². The Balaban J connectivity index is 2.30. The van der Waals surface area contributed by atoms with Crippen molar-refractivity contribution in [3.63, 3.8) is 0 Å². The van der Waals surface area contributed by atoms with E-state index in [4.69, 9.17) is 0 Å². The summed E-state index contributed by atoms with van der Waals surface area (Å²) in [6.07, 6.45) is 2.30. The first-order valence-corrected chi connectivity index (χ1v) is 4.41. The number of carbonyl (C=O) groups is 1. The highest BCUT2D eigenvalue weighted by atomic mass is 16.2. The van der Waals surface area contributed by atoms with Crippen LogP contribution in [0.5, 0.6) is 0 Å². The lowest BCUT2D eigenvalue weighted by atomic mass is 9.74. The number of hydrogen-bond acceptors (Lipinski definition) is 1. The maximum Gasteiger partial charge on any atom is 0.223 e. The molecule has 2 nitrogen and oxygen atoms in total. The standard InChI is InChI=1S/C9H17NO/c1-6(2)10-9(11)8-5-4-7(8)3/h6-8H,4-5H2,1-3H3,(H,10,11)/t7-,8-/m1/s1. The molecular weight excluding hydrogens is 138 g/mol. The fraction of sp³-hybridized carbons (Fsp3) is 0.889. The zero-order valence-corrected chi connectivity index (χ0v) is 7.55. The minimum absolute atomic E-state index is 0.249. The van der Waals surface area contributed by atoms with Gasteiger partial charge in [-0.1, -0.05) is 6.92 Å². The van der Waals surface area contributed by atoms with Crippen molar-refractivity contribution in [3.8, 4) is 0 Å². The van der Waals surface area contributed by atoms with Crippen molar-refractivity contribution in [2.24, 2.45) is 11.8 Å². The van der Waals surface area contributed by atoms with Crippen LogP contribution in [-0.4, -0.2) is 11.9 Å². The fourth-order valence-electron chi connectivity index (χ4n) is 1.45. The Morgan fingerprint density at radius 1 is 1.45 bits per heavy atom. The molecule has 1 aliphatic carbocycles. The topological polar surface area (TPSA) is 29.1 Å². The van der Waals surface area contributed by atoms with E-state index in [0.29, 0.717) is 11.8 Å². The quantitative estimate of drug-likeness (QED) is 0.644. The highest BCUT2D eigenvalue weighted by Crippen LogP contribution is 2.33. The van der Waals surface area contributed by atoms with E-state index in [1.54, 1.807) is 0 Å². The first-order valence-electron chi connectivity index (χ1n) is 4.41. The summed E-state index contributed by atoms with van der Waals surface area (Å²) in [6.45, 7) is 6.15. The molecule has 1 amide bonds. The average molecular weight is 155 g/mol. The van der Waals surface area contributed by atoms with Crippen LogP contribution < -0.4 is 5.32 Å². The molecule has 0 aromatic rings. The lowest BCUT2D eigenvalue weighted by Crippen LogP contribution is -2.42. The van der Waals surface area contributed by atoms with Gasteiger partial charge in [0.1, 0.15) is 0 Å². The molecule has 0 aromatic carbocycles. The van der Waals surface area contributed by atoms with Gasteiger partial charge >= 0.3 is 0 Å². The summed E-state index contributed by atoms with van der Waals surface area (Å²) >= 11 is 0. The number of carbonyl (C=O) groups excluding carboxylic acids is 1. The average Bonchev–Trinajstić information content (AvgIpc) is 1.82. The van der Waals surface area contributed by atoms with E-state index in [2.05, 4.69) is 12.2 Å². The van der Waals surface area contributed by atoms with Crippen molar-refractivity contribution in [2.75, 3.05) is 0 Å². The first-order chi connectivity index (χ1) is 5.11. The van der Waals surface area contributed by atoms with E-state index in [1.807, 2.05) is 13.8 Å². The lowest BCUT2D eigenvalue weighted by molar-refractivity contribution is -0.130. The van der Waals surface area contributed by atoms with Gasteiger partial charge in [0.2, 0.25) is 5.91 Å². The predicted octanol–water partition coefficient (Wildman–Crippen LogP) is 1.56. The number of amides is 1. The van der Waals surface area contributed by atoms with Crippen LogP contribution in [-0.2, 0) is 4.79 Å². The molecule has 0 saturated heterocycles. The summed E-state index contributed by atoms with van der Waals surface area (Å²) in [7, 11) is 0. The number of nitrogens with one attached hydrogen (secondary N) is 1. The molecule has 11 heavy (non-hydrogen) atoms. The predicted molar refractivity (Wildman–Crippen MR) is 45.2 cm³/mol. The molecule has 0 heterocycles. The molecule has 1 rings (SSSR count). The molecule has 2 heteroatoms. The van der Waals surface area contributed by atoms with E-state index in [-0.39, 0.29) is 11.9 Å². The molecule has 0 radical (unpaired) electrons. The normalized spacial score (nSPS) is 29.8. The van der Waals surface area contributed by atoms with Gasteiger partial charge in [0.15, 0.2) is 0 Å². The van der Waals surface area contributed by atoms with Gasteiger partial charge in [-0.25, -0.2) is 0 Å². The van der Waals surface area contributed by atoms with Crippen LogP contribution in [0.1, 0.15) is 33.6 Å². The second-order valence-corrected chi connectivity index (χ2v) is 3.82. The van der Waals surface area contributed by atoms with Crippen LogP contribution in [0.3, 0.4) is 0 Å². The summed E-state index contributed by atoms with van der Waals surface area (Å²) in [5.74, 6) is 1.16. The van der Waals surface area contributed by atoms with E-state index in [9.17, 15) is 4.79 Å². The lowest BCUT2D eigenvalue weighted by Gasteiger charge is -2.32. The van der Waals surface area contributed by atoms with Gasteiger partial charge in [-0.3, -0.25) is 4.79 Å². The summed E-state index contributed by atoms with van der Waals surface area (Å²) < 4.78 is 0. The van der Waals surface area contributed by atoms with Crippen LogP contribution in [0, 0.1) is 11.8 Å². The second kappa shape index (κ2) is 3.24. The molecule has 0 aromatic heterocycles. The summed E-state index contributed by atoms with van der Waals surface area (Å²) in [6, 6.07) is 0.287. The zero-order chi connectivity index (χ0) is 8.43. The second-order valence-electron chi connectivity index (χ2n) is 3.82.